The van der Waals surface area contributed by atoms with Crippen LogP contribution in [0, 0.1) is 17.8 Å². The molecule has 0 radical (unpaired) electrons. The summed E-state index contributed by atoms with van der Waals surface area (Å²) in [6.45, 7) is 18.0. The number of rotatable bonds is 3. The van der Waals surface area contributed by atoms with E-state index in [1.165, 1.54) is 0 Å². The van der Waals surface area contributed by atoms with Crippen molar-refractivity contribution in [3.05, 3.63) is 0 Å². The molecule has 0 aromatic heterocycles. The van der Waals surface area contributed by atoms with Crippen LogP contribution in [0.4, 0.5) is 0 Å². The summed E-state index contributed by atoms with van der Waals surface area (Å²) in [6.07, 6.45) is 0.191. The first-order valence-corrected chi connectivity index (χ1v) is 10.5. The van der Waals surface area contributed by atoms with Crippen molar-refractivity contribution in [2.45, 2.75) is 67.3 Å². The maximum atomic E-state index is 5.95. The van der Waals surface area contributed by atoms with Gasteiger partial charge >= 0.3 is 0 Å². The van der Waals surface area contributed by atoms with Gasteiger partial charge in [0.1, 0.15) is 0 Å². The minimum Gasteiger partial charge on any atom is -0.376 e. The maximum absolute atomic E-state index is 5.95. The number of hydrogen-bond acceptors (Lipinski definition) is 6. The molecule has 28 heavy (non-hydrogen) atoms. The molecule has 1 saturated heterocycles. The Morgan fingerprint density at radius 3 is 0.929 bits per heavy atom. The molecular weight excluding hydrogens is 360 g/mol. The Kier molecular flexibility index (Phi) is 16.4. The van der Waals surface area contributed by atoms with Crippen molar-refractivity contribution in [1.82, 2.24) is 0 Å². The molecule has 0 amide bonds. The average Bonchev–Trinajstić information content (AvgIpc) is 2.60. The van der Waals surface area contributed by atoms with Gasteiger partial charge in [0.25, 0.3) is 0 Å². The van der Waals surface area contributed by atoms with E-state index in [1.807, 2.05) is 0 Å². The summed E-state index contributed by atoms with van der Waals surface area (Å²) in [5, 5.41) is 0. The third-order valence-corrected chi connectivity index (χ3v) is 4.76. The van der Waals surface area contributed by atoms with E-state index in [0.29, 0.717) is 77.2 Å². The largest absolute Gasteiger partial charge is 0.376 e. The fourth-order valence-corrected chi connectivity index (χ4v) is 2.67. The molecule has 0 saturated carbocycles. The predicted molar refractivity (Wildman–Crippen MR) is 113 cm³/mol. The molecule has 1 aliphatic rings. The second-order valence-corrected chi connectivity index (χ2v) is 8.18. The maximum Gasteiger partial charge on any atom is 0.0832 e. The summed E-state index contributed by atoms with van der Waals surface area (Å²) in [5.74, 6) is 1.17. The molecule has 6 heteroatoms. The molecule has 170 valence electrons. The van der Waals surface area contributed by atoms with Crippen LogP contribution in [0.3, 0.4) is 0 Å². The van der Waals surface area contributed by atoms with Crippen molar-refractivity contribution >= 4 is 0 Å². The van der Waals surface area contributed by atoms with Crippen LogP contribution in [0.2, 0.25) is 0 Å². The van der Waals surface area contributed by atoms with Gasteiger partial charge in [-0.3, -0.25) is 0 Å². The van der Waals surface area contributed by atoms with E-state index in [9.17, 15) is 0 Å². The minimum absolute atomic E-state index is 0. The summed E-state index contributed by atoms with van der Waals surface area (Å²) in [6, 6.07) is 0. The van der Waals surface area contributed by atoms with E-state index in [4.69, 9.17) is 28.4 Å². The molecule has 0 aliphatic carbocycles. The molecule has 0 spiro atoms. The van der Waals surface area contributed by atoms with Crippen LogP contribution in [0.5, 0.6) is 0 Å². The van der Waals surface area contributed by atoms with Gasteiger partial charge in [0.2, 0.25) is 0 Å². The average molecular weight is 407 g/mol. The quantitative estimate of drug-likeness (QED) is 0.710. The van der Waals surface area contributed by atoms with Crippen LogP contribution >= 0.6 is 0 Å². The highest BCUT2D eigenvalue weighted by molar-refractivity contribution is 4.65. The minimum atomic E-state index is 0. The summed E-state index contributed by atoms with van der Waals surface area (Å²) in [5.41, 5.74) is 0. The first-order chi connectivity index (χ1) is 12.9. The molecule has 1 rings (SSSR count). The van der Waals surface area contributed by atoms with Crippen LogP contribution < -0.4 is 0 Å². The molecule has 0 aromatic carbocycles. The monoisotopic (exact) mass is 406 g/mol. The van der Waals surface area contributed by atoms with Gasteiger partial charge in [-0.1, -0.05) is 49.0 Å². The number of hydrogen-bond donors (Lipinski definition) is 0. The van der Waals surface area contributed by atoms with E-state index in [1.54, 1.807) is 0 Å². The molecule has 1 heterocycles. The number of ether oxygens (including phenoxy) is 6. The SMILES string of the molecule is C.CC(C)C1COCCOC(C(C)C)COCCOC(C(C)C)COCCO1. The van der Waals surface area contributed by atoms with Crippen LogP contribution in [0.15, 0.2) is 0 Å². The van der Waals surface area contributed by atoms with E-state index in [0.717, 1.165) is 0 Å². The highest BCUT2D eigenvalue weighted by atomic mass is 16.6. The molecule has 6 nitrogen and oxygen atoms in total. The van der Waals surface area contributed by atoms with E-state index >= 15 is 0 Å². The van der Waals surface area contributed by atoms with Gasteiger partial charge in [-0.15, -0.1) is 0 Å². The molecule has 0 aromatic rings. The molecule has 3 unspecified atom stereocenters. The van der Waals surface area contributed by atoms with Gasteiger partial charge in [-0.2, -0.15) is 0 Å². The van der Waals surface area contributed by atoms with Crippen molar-refractivity contribution in [3.63, 3.8) is 0 Å². The fourth-order valence-electron chi connectivity index (χ4n) is 2.67. The highest BCUT2D eigenvalue weighted by Gasteiger charge is 2.18. The van der Waals surface area contributed by atoms with Gasteiger partial charge in [0.05, 0.1) is 77.8 Å². The van der Waals surface area contributed by atoms with Crippen molar-refractivity contribution in [3.8, 4) is 0 Å². The Labute approximate surface area is 173 Å². The molecule has 1 fully saturated rings. The Balaban J connectivity index is 0.00000729. The fraction of sp³-hybridized carbons (Fsp3) is 1.00. The van der Waals surface area contributed by atoms with Crippen LogP contribution in [0.1, 0.15) is 49.0 Å². The summed E-state index contributed by atoms with van der Waals surface area (Å²) in [4.78, 5) is 0. The van der Waals surface area contributed by atoms with Crippen molar-refractivity contribution in [2.24, 2.45) is 17.8 Å². The molecule has 0 bridgehead atoms. The zero-order valence-corrected chi connectivity index (χ0v) is 18.3. The smallest absolute Gasteiger partial charge is 0.0832 e. The Hall–Kier alpha value is -0.240. The lowest BCUT2D eigenvalue weighted by Crippen LogP contribution is -2.32. The highest BCUT2D eigenvalue weighted by Crippen LogP contribution is 2.11. The summed E-state index contributed by atoms with van der Waals surface area (Å²) in [7, 11) is 0. The zero-order chi connectivity index (χ0) is 20.1. The molecular formula is C22H46O6. The second-order valence-electron chi connectivity index (χ2n) is 8.18. The third-order valence-electron chi connectivity index (χ3n) is 4.76. The van der Waals surface area contributed by atoms with Crippen molar-refractivity contribution < 1.29 is 28.4 Å². The Bertz CT molecular complexity index is 278. The van der Waals surface area contributed by atoms with Crippen LogP contribution in [-0.2, 0) is 28.4 Å². The van der Waals surface area contributed by atoms with Crippen LogP contribution in [-0.4, -0.2) is 77.8 Å². The zero-order valence-electron chi connectivity index (χ0n) is 18.3. The van der Waals surface area contributed by atoms with E-state index in [-0.39, 0.29) is 25.7 Å². The normalized spacial score (nSPS) is 28.0. The molecule has 0 N–H and O–H groups in total. The van der Waals surface area contributed by atoms with Gasteiger partial charge in [-0.25, -0.2) is 0 Å². The van der Waals surface area contributed by atoms with Gasteiger partial charge < -0.3 is 28.4 Å². The Morgan fingerprint density at radius 2 is 0.714 bits per heavy atom. The first kappa shape index (κ1) is 27.8. The predicted octanol–water partition coefficient (Wildman–Crippen LogP) is 3.81. The van der Waals surface area contributed by atoms with Gasteiger partial charge in [0.15, 0.2) is 0 Å². The lowest BCUT2D eigenvalue weighted by atomic mass is 10.1. The summed E-state index contributed by atoms with van der Waals surface area (Å²) >= 11 is 0. The Morgan fingerprint density at radius 1 is 0.464 bits per heavy atom. The van der Waals surface area contributed by atoms with Crippen molar-refractivity contribution in [1.29, 1.82) is 0 Å². The molecule has 3 atom stereocenters. The summed E-state index contributed by atoms with van der Waals surface area (Å²) < 4.78 is 35.2. The second kappa shape index (κ2) is 16.5. The molecule has 1 aliphatic heterocycles. The third kappa shape index (κ3) is 12.3. The topological polar surface area (TPSA) is 55.4 Å². The van der Waals surface area contributed by atoms with E-state index < -0.39 is 0 Å². The van der Waals surface area contributed by atoms with Gasteiger partial charge in [-0.05, 0) is 17.8 Å². The first-order valence-electron chi connectivity index (χ1n) is 10.5. The lowest BCUT2D eigenvalue weighted by Gasteiger charge is -2.25. The lowest BCUT2D eigenvalue weighted by molar-refractivity contribution is -0.105. The standard InChI is InChI=1S/C21H42O6.CH4/c1-16(2)19-13-22-8-11-26-21(18(5)6)15-24-9-12-27-20(17(3)4)14-23-7-10-25-19;/h16-21H,7-15H2,1-6H3;1H4. The van der Waals surface area contributed by atoms with Gasteiger partial charge in [0, 0.05) is 0 Å². The van der Waals surface area contributed by atoms with E-state index in [2.05, 4.69) is 41.5 Å². The van der Waals surface area contributed by atoms with Crippen molar-refractivity contribution in [2.75, 3.05) is 59.5 Å². The van der Waals surface area contributed by atoms with Crippen LogP contribution in [0.25, 0.3) is 0 Å².